The van der Waals surface area contributed by atoms with Gasteiger partial charge < -0.3 is 14.6 Å². The first-order valence-electron chi connectivity index (χ1n) is 10.8. The van der Waals surface area contributed by atoms with Gasteiger partial charge in [-0.25, -0.2) is 14.5 Å². The molecule has 31 heavy (non-hydrogen) atoms. The van der Waals surface area contributed by atoms with Gasteiger partial charge >= 0.3 is 0 Å². The molecule has 2 aliphatic carbocycles. The molecule has 0 atom stereocenters. The minimum absolute atomic E-state index is 0.322. The summed E-state index contributed by atoms with van der Waals surface area (Å²) in [4.78, 5) is 9.44. The summed E-state index contributed by atoms with van der Waals surface area (Å²) in [5, 5.41) is 13.2. The number of anilines is 1. The number of ether oxygens (including phenoxy) is 1. The summed E-state index contributed by atoms with van der Waals surface area (Å²) in [6.07, 6.45) is 12.4. The first-order chi connectivity index (χ1) is 15.1. The largest absolute Gasteiger partial charge is 0.381 e. The standard InChI is InChI=1S/C22H26N8O/c1-28-9-7-23-22(28)21-25-20(24-14-10-15(11-14)31-3)19-18(13-4-5-13)16(12-30(19)27-21)17-6-8-29(2)26-17/h6-9,12-15H,4-5,10-11H2,1-3H3,(H,24,25,27). The lowest BCUT2D eigenvalue weighted by Gasteiger charge is -2.35. The highest BCUT2D eigenvalue weighted by atomic mass is 16.5. The highest BCUT2D eigenvalue weighted by Crippen LogP contribution is 2.48. The Morgan fingerprint density at radius 1 is 1.13 bits per heavy atom. The minimum atomic E-state index is 0.322. The zero-order valence-electron chi connectivity index (χ0n) is 18.0. The van der Waals surface area contributed by atoms with Crippen molar-refractivity contribution in [2.24, 2.45) is 14.1 Å². The molecule has 2 fully saturated rings. The molecule has 4 aromatic rings. The smallest absolute Gasteiger partial charge is 0.218 e. The van der Waals surface area contributed by atoms with Crippen LogP contribution in [-0.2, 0) is 18.8 Å². The number of imidazole rings is 1. The van der Waals surface area contributed by atoms with Crippen LogP contribution in [0.1, 0.15) is 37.2 Å². The Bertz CT molecular complexity index is 1260. The number of nitrogens with one attached hydrogen (secondary N) is 1. The SMILES string of the molecule is COC1CC(Nc2nc(-c3nccn3C)nn3cc(-c4ccn(C)n4)c(C4CC4)c23)C1. The number of methoxy groups -OCH3 is 1. The van der Waals surface area contributed by atoms with Gasteiger partial charge in [0.25, 0.3) is 0 Å². The van der Waals surface area contributed by atoms with Gasteiger partial charge in [0, 0.05) is 57.6 Å². The van der Waals surface area contributed by atoms with Crippen molar-refractivity contribution in [3.63, 3.8) is 0 Å². The van der Waals surface area contributed by atoms with Crippen molar-refractivity contribution < 1.29 is 4.74 Å². The maximum Gasteiger partial charge on any atom is 0.218 e. The van der Waals surface area contributed by atoms with Crippen LogP contribution in [-0.4, -0.2) is 53.2 Å². The van der Waals surface area contributed by atoms with Gasteiger partial charge in [0.05, 0.1) is 11.8 Å². The van der Waals surface area contributed by atoms with Crippen molar-refractivity contribution in [2.45, 2.75) is 43.7 Å². The van der Waals surface area contributed by atoms with Gasteiger partial charge in [0.2, 0.25) is 5.82 Å². The lowest BCUT2D eigenvalue weighted by atomic mass is 9.89. The fraction of sp³-hybridized carbons (Fsp3) is 0.455. The maximum absolute atomic E-state index is 5.47. The van der Waals surface area contributed by atoms with E-state index in [0.717, 1.165) is 41.3 Å². The van der Waals surface area contributed by atoms with Crippen molar-refractivity contribution in [1.29, 1.82) is 0 Å². The number of rotatable bonds is 6. The fourth-order valence-electron chi connectivity index (χ4n) is 4.50. The molecule has 1 N–H and O–H groups in total. The third kappa shape index (κ3) is 3.11. The average molecular weight is 419 g/mol. The third-order valence-electron chi connectivity index (χ3n) is 6.44. The third-order valence-corrected chi connectivity index (χ3v) is 6.44. The van der Waals surface area contributed by atoms with E-state index in [-0.39, 0.29) is 0 Å². The topological polar surface area (TPSA) is 87.1 Å². The monoisotopic (exact) mass is 418 g/mol. The Hall–Kier alpha value is -3.20. The maximum atomic E-state index is 5.47. The molecule has 9 nitrogen and oxygen atoms in total. The quantitative estimate of drug-likeness (QED) is 0.518. The molecule has 4 aromatic heterocycles. The second-order valence-electron chi connectivity index (χ2n) is 8.71. The van der Waals surface area contributed by atoms with Crippen LogP contribution in [0.25, 0.3) is 28.4 Å². The number of fused-ring (bicyclic) bond motifs is 1. The zero-order valence-corrected chi connectivity index (χ0v) is 18.0. The highest BCUT2D eigenvalue weighted by molar-refractivity contribution is 5.84. The molecule has 0 radical (unpaired) electrons. The zero-order chi connectivity index (χ0) is 21.1. The summed E-state index contributed by atoms with van der Waals surface area (Å²) in [5.41, 5.74) is 4.47. The van der Waals surface area contributed by atoms with Crippen LogP contribution in [0.4, 0.5) is 5.82 Å². The summed E-state index contributed by atoms with van der Waals surface area (Å²) in [5.74, 6) is 2.75. The molecule has 9 heteroatoms. The molecular formula is C22H26N8O. The average Bonchev–Trinajstić information content (AvgIpc) is 3.13. The van der Waals surface area contributed by atoms with E-state index >= 15 is 0 Å². The molecule has 0 bridgehead atoms. The summed E-state index contributed by atoms with van der Waals surface area (Å²) >= 11 is 0. The van der Waals surface area contributed by atoms with Gasteiger partial charge in [-0.3, -0.25) is 4.68 Å². The van der Waals surface area contributed by atoms with Gasteiger partial charge in [0.15, 0.2) is 11.6 Å². The minimum Gasteiger partial charge on any atom is -0.381 e. The van der Waals surface area contributed by atoms with E-state index in [1.165, 1.54) is 18.4 Å². The number of nitrogens with zero attached hydrogens (tertiary/aromatic N) is 7. The lowest BCUT2D eigenvalue weighted by molar-refractivity contribution is 0.0328. The van der Waals surface area contributed by atoms with Crippen LogP contribution in [0.2, 0.25) is 0 Å². The van der Waals surface area contributed by atoms with Crippen LogP contribution >= 0.6 is 0 Å². The second kappa shape index (κ2) is 6.91. The summed E-state index contributed by atoms with van der Waals surface area (Å²) in [7, 11) is 5.69. The molecule has 4 heterocycles. The first kappa shape index (κ1) is 18.6. The normalized spacial score (nSPS) is 20.9. The van der Waals surface area contributed by atoms with Crippen LogP contribution in [0.5, 0.6) is 0 Å². The molecular weight excluding hydrogens is 392 g/mol. The number of hydrogen-bond donors (Lipinski definition) is 1. The molecule has 6 rings (SSSR count). The van der Waals surface area contributed by atoms with Crippen molar-refractivity contribution in [2.75, 3.05) is 12.4 Å². The number of hydrogen-bond acceptors (Lipinski definition) is 6. The second-order valence-corrected chi connectivity index (χ2v) is 8.71. The predicted octanol–water partition coefficient (Wildman–Crippen LogP) is 3.00. The van der Waals surface area contributed by atoms with E-state index in [2.05, 4.69) is 27.7 Å². The van der Waals surface area contributed by atoms with Crippen molar-refractivity contribution in [1.82, 2.24) is 33.9 Å². The van der Waals surface area contributed by atoms with E-state index in [1.54, 1.807) is 13.3 Å². The van der Waals surface area contributed by atoms with Gasteiger partial charge in [-0.05, 0) is 43.2 Å². The Kier molecular flexibility index (Phi) is 4.14. The molecule has 0 amide bonds. The molecule has 2 saturated carbocycles. The van der Waals surface area contributed by atoms with Gasteiger partial charge in [0.1, 0.15) is 5.52 Å². The van der Waals surface area contributed by atoms with E-state index in [9.17, 15) is 0 Å². The molecule has 2 aliphatic rings. The first-order valence-corrected chi connectivity index (χ1v) is 10.8. The van der Waals surface area contributed by atoms with Crippen molar-refractivity contribution in [3.05, 3.63) is 36.4 Å². The molecule has 0 aliphatic heterocycles. The van der Waals surface area contributed by atoms with Crippen LogP contribution < -0.4 is 5.32 Å². The van der Waals surface area contributed by atoms with Crippen molar-refractivity contribution >= 4 is 11.3 Å². The van der Waals surface area contributed by atoms with Gasteiger partial charge in [-0.1, -0.05) is 0 Å². The van der Waals surface area contributed by atoms with E-state index < -0.39 is 0 Å². The Labute approximate surface area is 180 Å². The predicted molar refractivity (Wildman–Crippen MR) is 117 cm³/mol. The molecule has 0 spiro atoms. The van der Waals surface area contributed by atoms with E-state index in [4.69, 9.17) is 14.8 Å². The van der Waals surface area contributed by atoms with Crippen LogP contribution in [0, 0.1) is 0 Å². The highest BCUT2D eigenvalue weighted by Gasteiger charge is 2.35. The van der Waals surface area contributed by atoms with Crippen LogP contribution in [0.15, 0.2) is 30.9 Å². The fourth-order valence-corrected chi connectivity index (χ4v) is 4.50. The van der Waals surface area contributed by atoms with Gasteiger partial charge in [-0.15, -0.1) is 5.10 Å². The Balaban J connectivity index is 1.53. The molecule has 0 unspecified atom stereocenters. The van der Waals surface area contributed by atoms with Crippen LogP contribution in [0.3, 0.4) is 0 Å². The van der Waals surface area contributed by atoms with Crippen molar-refractivity contribution in [3.8, 4) is 22.9 Å². The van der Waals surface area contributed by atoms with E-state index in [1.807, 2.05) is 40.3 Å². The molecule has 160 valence electrons. The molecule has 0 aromatic carbocycles. The van der Waals surface area contributed by atoms with Gasteiger partial charge in [-0.2, -0.15) is 5.10 Å². The lowest BCUT2D eigenvalue weighted by Crippen LogP contribution is -2.40. The number of aromatic nitrogens is 7. The summed E-state index contributed by atoms with van der Waals surface area (Å²) in [6.45, 7) is 0. The number of aryl methyl sites for hydroxylation is 2. The molecule has 0 saturated heterocycles. The Morgan fingerprint density at radius 2 is 1.97 bits per heavy atom. The summed E-state index contributed by atoms with van der Waals surface area (Å²) < 4.78 is 11.2. The van der Waals surface area contributed by atoms with E-state index in [0.29, 0.717) is 23.9 Å². The Morgan fingerprint density at radius 3 is 2.61 bits per heavy atom. The summed E-state index contributed by atoms with van der Waals surface area (Å²) in [6, 6.07) is 2.41.